The molecule has 0 saturated heterocycles. The lowest BCUT2D eigenvalue weighted by Crippen LogP contribution is -2.52. The molecule has 3 rings (SSSR count). The number of H-pyrrole nitrogens is 2. The molecule has 122 valence electrons. The molecule has 3 unspecified atom stereocenters. The Kier molecular flexibility index (Phi) is 3.93. The van der Waals surface area contributed by atoms with Gasteiger partial charge in [-0.1, -0.05) is 28.1 Å². The smallest absolute Gasteiger partial charge is 0.267 e. The van der Waals surface area contributed by atoms with Gasteiger partial charge in [-0.3, -0.25) is 14.7 Å². The van der Waals surface area contributed by atoms with E-state index >= 15 is 0 Å². The van der Waals surface area contributed by atoms with Gasteiger partial charge in [0, 0.05) is 35.1 Å². The highest BCUT2D eigenvalue weighted by molar-refractivity contribution is 9.10. The van der Waals surface area contributed by atoms with Crippen molar-refractivity contribution in [1.82, 2.24) is 15.5 Å². The predicted octanol–water partition coefficient (Wildman–Crippen LogP) is 1.27. The van der Waals surface area contributed by atoms with Crippen LogP contribution in [0.25, 0.3) is 0 Å². The number of hydrogen-bond acceptors (Lipinski definition) is 3. The zero-order valence-corrected chi connectivity index (χ0v) is 14.4. The summed E-state index contributed by atoms with van der Waals surface area (Å²) >= 11 is 3.39. The maximum absolute atomic E-state index is 12.5. The number of benzene rings is 1. The van der Waals surface area contributed by atoms with E-state index in [1.807, 2.05) is 24.3 Å². The van der Waals surface area contributed by atoms with Crippen molar-refractivity contribution in [3.05, 3.63) is 55.9 Å². The first-order valence-corrected chi connectivity index (χ1v) is 8.13. The topological polar surface area (TPSA) is 98.0 Å². The first kappa shape index (κ1) is 16.0. The second kappa shape index (κ2) is 5.65. The van der Waals surface area contributed by atoms with Crippen LogP contribution >= 0.6 is 15.9 Å². The first-order valence-electron chi connectivity index (χ1n) is 7.34. The molecule has 1 aromatic carbocycles. The van der Waals surface area contributed by atoms with E-state index in [4.69, 9.17) is 0 Å². The number of aliphatic hydroxyl groups is 1. The second-order valence-corrected chi connectivity index (χ2v) is 7.04. The van der Waals surface area contributed by atoms with E-state index in [1.54, 1.807) is 6.92 Å². The molecule has 6 nitrogen and oxygen atoms in total. The highest BCUT2D eigenvalue weighted by Crippen LogP contribution is 2.44. The molecule has 2 aromatic rings. The van der Waals surface area contributed by atoms with Crippen LogP contribution in [0.1, 0.15) is 29.7 Å². The van der Waals surface area contributed by atoms with E-state index in [1.165, 1.54) is 7.05 Å². The van der Waals surface area contributed by atoms with Gasteiger partial charge < -0.3 is 15.5 Å². The molecular formula is C16H18BrN3O3. The second-order valence-electron chi connectivity index (χ2n) is 6.13. The molecule has 0 saturated carbocycles. The van der Waals surface area contributed by atoms with Crippen LogP contribution in [0.2, 0.25) is 0 Å². The standard InChI is InChI=1S/C16H18BrN3O3/c1-16(23)7-10-12(14(21)20-19-10)11(13(16)15(22)18-2)8-3-5-9(17)6-4-8/h3-6,11,13,23H,7H2,1-2H3,(H,18,22)(H2,19,20,21). The Labute approximate surface area is 141 Å². The lowest BCUT2D eigenvalue weighted by molar-refractivity contribution is -0.134. The van der Waals surface area contributed by atoms with Crippen LogP contribution in [0.15, 0.2) is 33.5 Å². The van der Waals surface area contributed by atoms with Crippen molar-refractivity contribution in [2.24, 2.45) is 5.92 Å². The molecule has 4 N–H and O–H groups in total. The van der Waals surface area contributed by atoms with Crippen molar-refractivity contribution in [3.8, 4) is 0 Å². The molecule has 3 atom stereocenters. The first-order chi connectivity index (χ1) is 10.8. The molecule has 7 heteroatoms. The third-order valence-corrected chi connectivity index (χ3v) is 5.03. The van der Waals surface area contributed by atoms with Crippen LogP contribution < -0.4 is 10.9 Å². The number of nitrogens with one attached hydrogen (secondary N) is 3. The molecule has 0 fully saturated rings. The molecule has 1 heterocycles. The number of rotatable bonds is 2. The zero-order valence-electron chi connectivity index (χ0n) is 12.8. The number of carbonyl (C=O) groups is 1. The SMILES string of the molecule is CNC(=O)C1C(c2ccc(Br)cc2)c2c([nH][nH]c2=O)CC1(C)O. The quantitative estimate of drug-likeness (QED) is 0.632. The number of aromatic amines is 2. The summed E-state index contributed by atoms with van der Waals surface area (Å²) in [6.45, 7) is 1.63. The van der Waals surface area contributed by atoms with Crippen LogP contribution in [-0.4, -0.2) is 33.9 Å². The Morgan fingerprint density at radius 2 is 2.00 bits per heavy atom. The van der Waals surface area contributed by atoms with Gasteiger partial charge in [0.2, 0.25) is 5.91 Å². The molecular weight excluding hydrogens is 362 g/mol. The fraction of sp³-hybridized carbons (Fsp3) is 0.375. The fourth-order valence-electron chi connectivity index (χ4n) is 3.48. The van der Waals surface area contributed by atoms with Crippen LogP contribution in [0.3, 0.4) is 0 Å². The zero-order chi connectivity index (χ0) is 16.8. The molecule has 23 heavy (non-hydrogen) atoms. The Hall–Kier alpha value is -1.86. The summed E-state index contributed by atoms with van der Waals surface area (Å²) < 4.78 is 0.906. The number of fused-ring (bicyclic) bond motifs is 1. The van der Waals surface area contributed by atoms with E-state index < -0.39 is 17.4 Å². The minimum Gasteiger partial charge on any atom is -0.389 e. The lowest BCUT2D eigenvalue weighted by atomic mass is 9.66. The molecule has 1 amide bonds. The monoisotopic (exact) mass is 379 g/mol. The number of aromatic nitrogens is 2. The lowest BCUT2D eigenvalue weighted by Gasteiger charge is -2.40. The Bertz CT molecular complexity index is 792. The van der Waals surface area contributed by atoms with E-state index in [9.17, 15) is 14.7 Å². The van der Waals surface area contributed by atoms with Gasteiger partial charge in [0.25, 0.3) is 5.56 Å². The Balaban J connectivity index is 2.24. The summed E-state index contributed by atoms with van der Waals surface area (Å²) in [5, 5.41) is 18.9. The van der Waals surface area contributed by atoms with E-state index in [0.29, 0.717) is 11.3 Å². The van der Waals surface area contributed by atoms with Crippen molar-refractivity contribution in [1.29, 1.82) is 0 Å². The van der Waals surface area contributed by atoms with Gasteiger partial charge in [-0.2, -0.15) is 0 Å². The molecule has 0 bridgehead atoms. The largest absolute Gasteiger partial charge is 0.389 e. The molecule has 1 aromatic heterocycles. The average molecular weight is 380 g/mol. The van der Waals surface area contributed by atoms with Crippen molar-refractivity contribution in [3.63, 3.8) is 0 Å². The van der Waals surface area contributed by atoms with Crippen LogP contribution in [0.4, 0.5) is 0 Å². The van der Waals surface area contributed by atoms with E-state index in [2.05, 4.69) is 31.4 Å². The number of carbonyl (C=O) groups excluding carboxylic acids is 1. The van der Waals surface area contributed by atoms with Crippen LogP contribution in [0, 0.1) is 5.92 Å². The predicted molar refractivity (Wildman–Crippen MR) is 89.3 cm³/mol. The Morgan fingerprint density at radius 1 is 1.35 bits per heavy atom. The summed E-state index contributed by atoms with van der Waals surface area (Å²) in [6.07, 6.45) is 0.214. The van der Waals surface area contributed by atoms with Crippen molar-refractivity contribution >= 4 is 21.8 Å². The Morgan fingerprint density at radius 3 is 2.61 bits per heavy atom. The summed E-state index contributed by atoms with van der Waals surface area (Å²) in [5.41, 5.74) is 0.460. The van der Waals surface area contributed by atoms with Crippen LogP contribution in [0.5, 0.6) is 0 Å². The van der Waals surface area contributed by atoms with E-state index in [-0.39, 0.29) is 17.9 Å². The fourth-order valence-corrected chi connectivity index (χ4v) is 3.75. The molecule has 0 aliphatic heterocycles. The van der Waals surface area contributed by atoms with Gasteiger partial charge in [-0.15, -0.1) is 0 Å². The third kappa shape index (κ3) is 2.64. The minimum atomic E-state index is -1.27. The van der Waals surface area contributed by atoms with Crippen molar-refractivity contribution in [2.45, 2.75) is 24.9 Å². The molecule has 0 spiro atoms. The molecule has 0 radical (unpaired) electrons. The highest BCUT2D eigenvalue weighted by Gasteiger charge is 2.49. The average Bonchev–Trinajstić information content (AvgIpc) is 2.85. The summed E-state index contributed by atoms with van der Waals surface area (Å²) in [6, 6.07) is 7.45. The van der Waals surface area contributed by atoms with Crippen molar-refractivity contribution < 1.29 is 9.90 Å². The molecule has 1 aliphatic rings. The summed E-state index contributed by atoms with van der Waals surface area (Å²) in [7, 11) is 1.54. The van der Waals surface area contributed by atoms with Gasteiger partial charge in [0.15, 0.2) is 0 Å². The van der Waals surface area contributed by atoms with Gasteiger partial charge in [0.1, 0.15) is 0 Å². The van der Waals surface area contributed by atoms with Gasteiger partial charge in [0.05, 0.1) is 11.5 Å². The van der Waals surface area contributed by atoms with E-state index in [0.717, 1.165) is 10.0 Å². The summed E-state index contributed by atoms with van der Waals surface area (Å²) in [5.74, 6) is -1.55. The molecule has 1 aliphatic carbocycles. The van der Waals surface area contributed by atoms with Gasteiger partial charge in [-0.25, -0.2) is 0 Å². The maximum Gasteiger partial charge on any atom is 0.267 e. The maximum atomic E-state index is 12.5. The van der Waals surface area contributed by atoms with Gasteiger partial charge in [-0.05, 0) is 24.6 Å². The van der Waals surface area contributed by atoms with Gasteiger partial charge >= 0.3 is 0 Å². The van der Waals surface area contributed by atoms with Crippen molar-refractivity contribution in [2.75, 3.05) is 7.05 Å². The number of hydrogen-bond donors (Lipinski definition) is 4. The minimum absolute atomic E-state index is 0.214. The summed E-state index contributed by atoms with van der Waals surface area (Å²) in [4.78, 5) is 24.7. The van der Waals surface area contributed by atoms with Crippen LogP contribution in [-0.2, 0) is 11.2 Å². The normalized spacial score (nSPS) is 26.6. The third-order valence-electron chi connectivity index (χ3n) is 4.50. The number of halogens is 1. The number of amides is 1. The highest BCUT2D eigenvalue weighted by atomic mass is 79.9.